The molecule has 0 spiro atoms. The molecule has 1 unspecified atom stereocenters. The molecule has 0 aliphatic carbocycles. The molecule has 1 atom stereocenters. The summed E-state index contributed by atoms with van der Waals surface area (Å²) in [5.74, 6) is 0.671. The molecule has 4 aromatic rings. The van der Waals surface area contributed by atoms with Gasteiger partial charge in [-0.2, -0.15) is 0 Å². The lowest BCUT2D eigenvalue weighted by atomic mass is 10.0. The highest BCUT2D eigenvalue weighted by Crippen LogP contribution is 2.30. The lowest BCUT2D eigenvalue weighted by Crippen LogP contribution is -2.50. The van der Waals surface area contributed by atoms with Crippen LogP contribution in [0.25, 0.3) is 11.0 Å². The van der Waals surface area contributed by atoms with Gasteiger partial charge in [0.25, 0.3) is 10.0 Å². The summed E-state index contributed by atoms with van der Waals surface area (Å²) in [7, 11) is -3.83. The van der Waals surface area contributed by atoms with Crippen LogP contribution in [0, 0.1) is 6.92 Å². The van der Waals surface area contributed by atoms with E-state index in [0.717, 1.165) is 30.4 Å². The monoisotopic (exact) mass is 547 g/mol. The van der Waals surface area contributed by atoms with Crippen LogP contribution in [0.3, 0.4) is 0 Å². The number of fused-ring (bicyclic) bond motifs is 1. The Bertz CT molecular complexity index is 1540. The zero-order valence-corrected chi connectivity index (χ0v) is 23.0. The van der Waals surface area contributed by atoms with Gasteiger partial charge in [0.2, 0.25) is 0 Å². The molecule has 0 saturated carbocycles. The van der Waals surface area contributed by atoms with Gasteiger partial charge < -0.3 is 14.5 Å². The number of piperidine rings is 1. The van der Waals surface area contributed by atoms with Crippen LogP contribution in [0.1, 0.15) is 37.3 Å². The standard InChI is InChI=1S/C29H33N5O4S/c1-3-16-33(24-10-7-17-32(19-24)29(35)38-20-23-8-5-4-6-9-23)27-26-15-18-34(28(26)31-21-30-27)39(36,37)25-13-11-22(2)12-14-25/h4-6,8-9,11-15,18,21,24H,3,7,10,16-17,19-20H2,1-2H3. The summed E-state index contributed by atoms with van der Waals surface area (Å²) in [5, 5.41) is 0.658. The first-order valence-electron chi connectivity index (χ1n) is 13.2. The third-order valence-electron chi connectivity index (χ3n) is 7.04. The Morgan fingerprint density at radius 3 is 2.59 bits per heavy atom. The number of carbonyl (C=O) groups excluding carboxylic acids is 1. The van der Waals surface area contributed by atoms with Gasteiger partial charge in [-0.15, -0.1) is 0 Å². The second kappa shape index (κ2) is 11.4. The molecule has 9 nitrogen and oxygen atoms in total. The number of anilines is 1. The van der Waals surface area contributed by atoms with E-state index >= 15 is 0 Å². The molecule has 3 heterocycles. The number of nitrogens with zero attached hydrogens (tertiary/aromatic N) is 5. The maximum absolute atomic E-state index is 13.4. The molecule has 1 amide bonds. The number of benzene rings is 2. The molecular formula is C29H33N5O4S. The van der Waals surface area contributed by atoms with Crippen molar-refractivity contribution in [3.8, 4) is 0 Å². The van der Waals surface area contributed by atoms with E-state index < -0.39 is 10.0 Å². The topological polar surface area (TPSA) is 97.6 Å². The highest BCUT2D eigenvalue weighted by Gasteiger charge is 2.31. The van der Waals surface area contributed by atoms with Gasteiger partial charge in [0.1, 0.15) is 18.8 Å². The Balaban J connectivity index is 1.40. The summed E-state index contributed by atoms with van der Waals surface area (Å²) in [4.78, 5) is 26.0. The van der Waals surface area contributed by atoms with Crippen LogP contribution in [-0.4, -0.2) is 59.0 Å². The molecule has 204 valence electrons. The molecule has 0 bridgehead atoms. The van der Waals surface area contributed by atoms with Gasteiger partial charge in [-0.05, 0) is 49.9 Å². The zero-order valence-electron chi connectivity index (χ0n) is 22.2. The lowest BCUT2D eigenvalue weighted by Gasteiger charge is -2.39. The fraction of sp³-hybridized carbons (Fsp3) is 0.345. The quantitative estimate of drug-likeness (QED) is 0.306. The fourth-order valence-corrected chi connectivity index (χ4v) is 6.35. The number of hydrogen-bond donors (Lipinski definition) is 0. The second-order valence-corrected chi connectivity index (χ2v) is 11.7. The van der Waals surface area contributed by atoms with Crippen molar-refractivity contribution >= 4 is 33.0 Å². The highest BCUT2D eigenvalue weighted by molar-refractivity contribution is 7.90. The smallest absolute Gasteiger partial charge is 0.410 e. The Morgan fingerprint density at radius 2 is 1.85 bits per heavy atom. The average molecular weight is 548 g/mol. The molecule has 0 N–H and O–H groups in total. The molecule has 2 aromatic carbocycles. The molecule has 39 heavy (non-hydrogen) atoms. The summed E-state index contributed by atoms with van der Waals surface area (Å²) in [6, 6.07) is 18.2. The van der Waals surface area contributed by atoms with Gasteiger partial charge in [0.15, 0.2) is 5.65 Å². The highest BCUT2D eigenvalue weighted by atomic mass is 32.2. The fourth-order valence-electron chi connectivity index (χ4n) is 5.05. The van der Waals surface area contributed by atoms with E-state index in [9.17, 15) is 13.2 Å². The molecule has 5 rings (SSSR count). The van der Waals surface area contributed by atoms with Crippen LogP contribution < -0.4 is 4.90 Å². The van der Waals surface area contributed by atoms with Crippen molar-refractivity contribution in [1.29, 1.82) is 0 Å². The van der Waals surface area contributed by atoms with Crippen molar-refractivity contribution in [2.24, 2.45) is 0 Å². The summed E-state index contributed by atoms with van der Waals surface area (Å²) >= 11 is 0. The van der Waals surface area contributed by atoms with Crippen molar-refractivity contribution in [2.45, 2.75) is 50.7 Å². The van der Waals surface area contributed by atoms with E-state index in [0.29, 0.717) is 36.5 Å². The molecule has 1 aliphatic rings. The second-order valence-electron chi connectivity index (χ2n) is 9.84. The summed E-state index contributed by atoms with van der Waals surface area (Å²) < 4.78 is 33.7. The summed E-state index contributed by atoms with van der Waals surface area (Å²) in [6.07, 6.45) is 5.21. The third kappa shape index (κ3) is 5.61. The van der Waals surface area contributed by atoms with Crippen molar-refractivity contribution in [3.05, 3.63) is 84.3 Å². The zero-order chi connectivity index (χ0) is 27.4. The van der Waals surface area contributed by atoms with Crippen molar-refractivity contribution in [3.63, 3.8) is 0 Å². The number of carbonyl (C=O) groups is 1. The molecule has 1 saturated heterocycles. The van der Waals surface area contributed by atoms with Gasteiger partial charge in [-0.1, -0.05) is 55.0 Å². The van der Waals surface area contributed by atoms with Crippen molar-refractivity contribution in [1.82, 2.24) is 18.8 Å². The van der Waals surface area contributed by atoms with E-state index in [1.165, 1.54) is 16.5 Å². The Morgan fingerprint density at radius 1 is 1.08 bits per heavy atom. The Labute approximate surface area is 229 Å². The van der Waals surface area contributed by atoms with E-state index in [2.05, 4.69) is 21.8 Å². The minimum Gasteiger partial charge on any atom is -0.445 e. The minimum absolute atomic E-state index is 0.0122. The summed E-state index contributed by atoms with van der Waals surface area (Å²) in [5.41, 5.74) is 2.26. The lowest BCUT2D eigenvalue weighted by molar-refractivity contribution is 0.0855. The van der Waals surface area contributed by atoms with Gasteiger partial charge in [0.05, 0.1) is 10.3 Å². The number of ether oxygens (including phenoxy) is 1. The van der Waals surface area contributed by atoms with E-state index in [1.54, 1.807) is 35.2 Å². The number of likely N-dealkylation sites (tertiary alicyclic amines) is 1. The molecular weight excluding hydrogens is 514 g/mol. The molecule has 10 heteroatoms. The van der Waals surface area contributed by atoms with Crippen LogP contribution in [0.2, 0.25) is 0 Å². The third-order valence-corrected chi connectivity index (χ3v) is 8.72. The van der Waals surface area contributed by atoms with E-state index in [1.807, 2.05) is 37.3 Å². The minimum atomic E-state index is -3.83. The Kier molecular flexibility index (Phi) is 7.83. The first kappa shape index (κ1) is 26.7. The number of aromatic nitrogens is 3. The van der Waals surface area contributed by atoms with Crippen LogP contribution in [-0.2, 0) is 21.4 Å². The van der Waals surface area contributed by atoms with Crippen LogP contribution in [0.15, 0.2) is 78.1 Å². The van der Waals surface area contributed by atoms with Gasteiger partial charge in [0, 0.05) is 31.9 Å². The molecule has 1 aliphatic heterocycles. The predicted molar refractivity (Wildman–Crippen MR) is 150 cm³/mol. The SMILES string of the molecule is CCCN(c1ncnc2c1ccn2S(=O)(=O)c1ccc(C)cc1)C1CCCN(C(=O)OCc2ccccc2)C1. The van der Waals surface area contributed by atoms with Crippen LogP contribution in [0.5, 0.6) is 0 Å². The van der Waals surface area contributed by atoms with Gasteiger partial charge >= 0.3 is 6.09 Å². The number of hydrogen-bond acceptors (Lipinski definition) is 7. The van der Waals surface area contributed by atoms with Crippen molar-refractivity contribution in [2.75, 3.05) is 24.5 Å². The first-order valence-corrected chi connectivity index (χ1v) is 14.7. The van der Waals surface area contributed by atoms with Gasteiger partial charge in [-0.25, -0.2) is 27.2 Å². The Hall–Kier alpha value is -3.92. The van der Waals surface area contributed by atoms with Gasteiger partial charge in [-0.3, -0.25) is 0 Å². The van der Waals surface area contributed by atoms with E-state index in [4.69, 9.17) is 4.74 Å². The normalized spacial score (nSPS) is 15.8. The van der Waals surface area contributed by atoms with Crippen molar-refractivity contribution < 1.29 is 17.9 Å². The molecule has 1 fully saturated rings. The van der Waals surface area contributed by atoms with Crippen LogP contribution in [0.4, 0.5) is 10.6 Å². The largest absolute Gasteiger partial charge is 0.445 e. The van der Waals surface area contributed by atoms with Crippen LogP contribution >= 0.6 is 0 Å². The number of rotatable bonds is 8. The number of amides is 1. The molecule has 2 aromatic heterocycles. The maximum atomic E-state index is 13.4. The average Bonchev–Trinajstić information content (AvgIpc) is 3.41. The first-order chi connectivity index (χ1) is 18.9. The number of aryl methyl sites for hydroxylation is 1. The maximum Gasteiger partial charge on any atom is 0.410 e. The van der Waals surface area contributed by atoms with E-state index in [-0.39, 0.29) is 23.6 Å². The molecule has 0 radical (unpaired) electrons. The summed E-state index contributed by atoms with van der Waals surface area (Å²) in [6.45, 7) is 6.08. The predicted octanol–water partition coefficient (Wildman–Crippen LogP) is 4.99.